The molecular formula is C22H27FN2O3. The molecule has 0 aliphatic rings. The number of hydrogen-bond acceptors (Lipinski definition) is 3. The van der Waals surface area contributed by atoms with E-state index in [9.17, 15) is 14.0 Å². The molecule has 150 valence electrons. The van der Waals surface area contributed by atoms with E-state index in [2.05, 4.69) is 5.32 Å². The van der Waals surface area contributed by atoms with Crippen LogP contribution in [0, 0.1) is 12.7 Å². The molecule has 0 bridgehead atoms. The molecule has 1 N–H and O–H groups in total. The van der Waals surface area contributed by atoms with E-state index in [1.807, 2.05) is 32.0 Å². The van der Waals surface area contributed by atoms with E-state index in [1.54, 1.807) is 31.2 Å². The Morgan fingerprint density at radius 3 is 2.50 bits per heavy atom. The van der Waals surface area contributed by atoms with E-state index in [0.29, 0.717) is 17.9 Å². The predicted molar refractivity (Wildman–Crippen MR) is 106 cm³/mol. The second-order valence-electron chi connectivity index (χ2n) is 6.63. The lowest BCUT2D eigenvalue weighted by Crippen LogP contribution is -2.49. The Labute approximate surface area is 165 Å². The zero-order chi connectivity index (χ0) is 20.5. The van der Waals surface area contributed by atoms with E-state index >= 15 is 0 Å². The number of hydrogen-bond donors (Lipinski definition) is 1. The van der Waals surface area contributed by atoms with Crippen LogP contribution in [0.1, 0.15) is 31.4 Å². The fourth-order valence-electron chi connectivity index (χ4n) is 2.73. The van der Waals surface area contributed by atoms with Crippen LogP contribution in [0.2, 0.25) is 0 Å². The van der Waals surface area contributed by atoms with Gasteiger partial charge in [-0.1, -0.05) is 43.3 Å². The van der Waals surface area contributed by atoms with Gasteiger partial charge in [0.1, 0.15) is 17.6 Å². The molecule has 0 fully saturated rings. The SMILES string of the molecule is CCCNC(=O)[C@@H](C)N(Cc1ccccc1F)C(=O)COc1ccccc1C. The summed E-state index contributed by atoms with van der Waals surface area (Å²) >= 11 is 0. The largest absolute Gasteiger partial charge is 0.484 e. The molecule has 0 spiro atoms. The monoisotopic (exact) mass is 386 g/mol. The number of aryl methyl sites for hydroxylation is 1. The molecule has 2 rings (SSSR count). The van der Waals surface area contributed by atoms with Crippen LogP contribution in [0.5, 0.6) is 5.75 Å². The number of para-hydroxylation sites is 1. The molecule has 0 radical (unpaired) electrons. The first-order valence-electron chi connectivity index (χ1n) is 9.43. The van der Waals surface area contributed by atoms with Crippen molar-refractivity contribution >= 4 is 11.8 Å². The van der Waals surface area contributed by atoms with Crippen molar-refractivity contribution in [3.05, 3.63) is 65.5 Å². The van der Waals surface area contributed by atoms with Crippen LogP contribution in [0.15, 0.2) is 48.5 Å². The van der Waals surface area contributed by atoms with Crippen LogP contribution in [-0.2, 0) is 16.1 Å². The standard InChI is InChI=1S/C22H27FN2O3/c1-4-13-24-22(27)17(3)25(14-18-10-6-7-11-19(18)23)21(26)15-28-20-12-8-5-9-16(20)2/h5-12,17H,4,13-15H2,1-3H3,(H,24,27)/t17-/m1/s1. The van der Waals surface area contributed by atoms with E-state index in [-0.39, 0.29) is 25.0 Å². The summed E-state index contributed by atoms with van der Waals surface area (Å²) in [5.41, 5.74) is 1.26. The number of nitrogens with one attached hydrogen (secondary N) is 1. The van der Waals surface area contributed by atoms with E-state index in [1.165, 1.54) is 11.0 Å². The number of ether oxygens (including phenoxy) is 1. The minimum absolute atomic E-state index is 0.0106. The maximum Gasteiger partial charge on any atom is 0.261 e. The van der Waals surface area contributed by atoms with Crippen molar-refractivity contribution in [2.45, 2.75) is 39.8 Å². The van der Waals surface area contributed by atoms with E-state index in [0.717, 1.165) is 12.0 Å². The van der Waals surface area contributed by atoms with E-state index < -0.39 is 11.9 Å². The van der Waals surface area contributed by atoms with Gasteiger partial charge in [0, 0.05) is 18.7 Å². The number of rotatable bonds is 9. The first-order chi connectivity index (χ1) is 13.4. The molecule has 6 heteroatoms. The summed E-state index contributed by atoms with van der Waals surface area (Å²) in [5, 5.41) is 2.78. The third-order valence-electron chi connectivity index (χ3n) is 4.46. The van der Waals surface area contributed by atoms with Gasteiger partial charge < -0.3 is 15.0 Å². The molecule has 0 saturated carbocycles. The van der Waals surface area contributed by atoms with Gasteiger partial charge in [0.05, 0.1) is 0 Å². The smallest absolute Gasteiger partial charge is 0.261 e. The quantitative estimate of drug-likeness (QED) is 0.718. The fourth-order valence-corrected chi connectivity index (χ4v) is 2.73. The Kier molecular flexibility index (Phi) is 7.99. The molecule has 0 unspecified atom stereocenters. The summed E-state index contributed by atoms with van der Waals surface area (Å²) in [4.78, 5) is 26.6. The summed E-state index contributed by atoms with van der Waals surface area (Å²) in [7, 11) is 0. The molecule has 2 aromatic carbocycles. The zero-order valence-electron chi connectivity index (χ0n) is 16.6. The molecule has 1 atom stereocenters. The Morgan fingerprint density at radius 2 is 1.82 bits per heavy atom. The number of benzene rings is 2. The first kappa shape index (κ1) is 21.4. The average Bonchev–Trinajstić information content (AvgIpc) is 2.70. The van der Waals surface area contributed by atoms with Gasteiger partial charge in [0.2, 0.25) is 5.91 Å². The molecule has 5 nitrogen and oxygen atoms in total. The number of carbonyl (C=O) groups excluding carboxylic acids is 2. The predicted octanol–water partition coefficient (Wildman–Crippen LogP) is 3.46. The summed E-state index contributed by atoms with van der Waals surface area (Å²) in [6, 6.07) is 12.9. The molecule has 0 saturated heterocycles. The molecule has 0 heterocycles. The summed E-state index contributed by atoms with van der Waals surface area (Å²) in [6.45, 7) is 5.75. The lowest BCUT2D eigenvalue weighted by atomic mass is 10.1. The highest BCUT2D eigenvalue weighted by Gasteiger charge is 2.27. The number of halogens is 1. The molecule has 28 heavy (non-hydrogen) atoms. The van der Waals surface area contributed by atoms with Gasteiger partial charge in [-0.15, -0.1) is 0 Å². The van der Waals surface area contributed by atoms with Crippen molar-refractivity contribution < 1.29 is 18.7 Å². The lowest BCUT2D eigenvalue weighted by molar-refractivity contribution is -0.142. The topological polar surface area (TPSA) is 58.6 Å². The van der Waals surface area contributed by atoms with Crippen LogP contribution in [0.4, 0.5) is 4.39 Å². The number of amides is 2. The molecule has 0 aromatic heterocycles. The summed E-state index contributed by atoms with van der Waals surface area (Å²) in [6.07, 6.45) is 0.788. The van der Waals surface area contributed by atoms with Gasteiger partial charge in [-0.05, 0) is 38.0 Å². The summed E-state index contributed by atoms with van der Waals surface area (Å²) < 4.78 is 19.8. The lowest BCUT2D eigenvalue weighted by Gasteiger charge is -2.29. The highest BCUT2D eigenvalue weighted by Crippen LogP contribution is 2.17. The van der Waals surface area contributed by atoms with Crippen molar-refractivity contribution in [1.82, 2.24) is 10.2 Å². The fraction of sp³-hybridized carbons (Fsp3) is 0.364. The third-order valence-corrected chi connectivity index (χ3v) is 4.46. The molecule has 2 amide bonds. The molecular weight excluding hydrogens is 359 g/mol. The van der Waals surface area contributed by atoms with Gasteiger partial charge >= 0.3 is 0 Å². The summed E-state index contributed by atoms with van der Waals surface area (Å²) in [5.74, 6) is -0.473. The van der Waals surface area contributed by atoms with Gasteiger partial charge in [-0.2, -0.15) is 0 Å². The third kappa shape index (κ3) is 5.81. The Hall–Kier alpha value is -2.89. The van der Waals surface area contributed by atoms with Crippen molar-refractivity contribution in [2.24, 2.45) is 0 Å². The number of nitrogens with zero attached hydrogens (tertiary/aromatic N) is 1. The first-order valence-corrected chi connectivity index (χ1v) is 9.43. The Morgan fingerprint density at radius 1 is 1.14 bits per heavy atom. The zero-order valence-corrected chi connectivity index (χ0v) is 16.6. The van der Waals surface area contributed by atoms with Crippen LogP contribution < -0.4 is 10.1 Å². The maximum absolute atomic E-state index is 14.1. The van der Waals surface area contributed by atoms with Crippen molar-refractivity contribution in [3.63, 3.8) is 0 Å². The average molecular weight is 386 g/mol. The van der Waals surface area contributed by atoms with Gasteiger partial charge in [0.15, 0.2) is 6.61 Å². The van der Waals surface area contributed by atoms with Crippen LogP contribution in [0.3, 0.4) is 0 Å². The molecule has 0 aliphatic carbocycles. The Balaban J connectivity index is 2.16. The van der Waals surface area contributed by atoms with Crippen LogP contribution >= 0.6 is 0 Å². The minimum Gasteiger partial charge on any atom is -0.484 e. The van der Waals surface area contributed by atoms with Crippen molar-refractivity contribution in [1.29, 1.82) is 0 Å². The molecule has 0 aliphatic heterocycles. The highest BCUT2D eigenvalue weighted by atomic mass is 19.1. The minimum atomic E-state index is -0.751. The number of carbonyl (C=O) groups is 2. The van der Waals surface area contributed by atoms with Crippen LogP contribution in [-0.4, -0.2) is 35.9 Å². The Bertz CT molecular complexity index is 810. The second kappa shape index (κ2) is 10.4. The molecule has 2 aromatic rings. The van der Waals surface area contributed by atoms with Crippen molar-refractivity contribution in [2.75, 3.05) is 13.2 Å². The van der Waals surface area contributed by atoms with Crippen LogP contribution in [0.25, 0.3) is 0 Å². The van der Waals surface area contributed by atoms with E-state index in [4.69, 9.17) is 4.74 Å². The van der Waals surface area contributed by atoms with Gasteiger partial charge in [0.25, 0.3) is 5.91 Å². The normalized spacial score (nSPS) is 11.6. The highest BCUT2D eigenvalue weighted by molar-refractivity contribution is 5.87. The van der Waals surface area contributed by atoms with Gasteiger partial charge in [-0.3, -0.25) is 9.59 Å². The second-order valence-corrected chi connectivity index (χ2v) is 6.63. The maximum atomic E-state index is 14.1. The van der Waals surface area contributed by atoms with Crippen molar-refractivity contribution in [3.8, 4) is 5.75 Å². The van der Waals surface area contributed by atoms with Gasteiger partial charge in [-0.25, -0.2) is 4.39 Å².